The van der Waals surface area contributed by atoms with Crippen molar-refractivity contribution in [3.8, 4) is 5.75 Å². The normalized spacial score (nSPS) is 15.9. The Labute approximate surface area is 172 Å². The Morgan fingerprint density at radius 3 is 2.69 bits per heavy atom. The molecule has 0 aliphatic carbocycles. The molecule has 0 saturated carbocycles. The summed E-state index contributed by atoms with van der Waals surface area (Å²) in [6, 6.07) is 14.2. The second kappa shape index (κ2) is 7.91. The van der Waals surface area contributed by atoms with E-state index in [1.54, 1.807) is 22.9 Å². The molecule has 2 aromatic carbocycles. The molecule has 1 aliphatic heterocycles. The quantitative estimate of drug-likeness (QED) is 0.615. The van der Waals surface area contributed by atoms with Crippen molar-refractivity contribution in [2.45, 2.75) is 38.7 Å². The number of nitrogens with one attached hydrogen (secondary N) is 1. The highest BCUT2D eigenvalue weighted by molar-refractivity contribution is 8.14. The third-order valence-corrected chi connectivity index (χ3v) is 5.97. The van der Waals surface area contributed by atoms with Crippen LogP contribution in [0.15, 0.2) is 58.3 Å². The minimum absolute atomic E-state index is 0.0827. The fourth-order valence-corrected chi connectivity index (χ4v) is 4.53. The molecule has 3 aromatic rings. The number of aliphatic imine (C=N–C) groups is 1. The summed E-state index contributed by atoms with van der Waals surface area (Å²) < 4.78 is 21.8. The van der Waals surface area contributed by atoms with E-state index in [2.05, 4.69) is 10.1 Å². The van der Waals surface area contributed by atoms with Crippen LogP contribution in [-0.4, -0.2) is 14.8 Å². The van der Waals surface area contributed by atoms with Crippen molar-refractivity contribution in [2.75, 3.05) is 0 Å². The Morgan fingerprint density at radius 1 is 1.21 bits per heavy atom. The van der Waals surface area contributed by atoms with Crippen LogP contribution in [0.3, 0.4) is 0 Å². The summed E-state index contributed by atoms with van der Waals surface area (Å²) in [6.07, 6.45) is 0. The van der Waals surface area contributed by atoms with Crippen molar-refractivity contribution in [1.82, 2.24) is 9.78 Å². The number of aromatic amines is 1. The molecule has 1 N–H and O–H groups in total. The maximum Gasteiger partial charge on any atom is 0.271 e. The zero-order chi connectivity index (χ0) is 20.5. The largest absolute Gasteiger partial charge is 0.488 e. The molecular formula is C22H22FN3O2S. The molecule has 0 saturated heterocycles. The van der Waals surface area contributed by atoms with Crippen LogP contribution < -0.4 is 10.3 Å². The molecule has 1 unspecified atom stereocenters. The summed E-state index contributed by atoms with van der Waals surface area (Å²) in [4.78, 5) is 17.4. The average Bonchev–Trinajstić information content (AvgIpc) is 3.04. The van der Waals surface area contributed by atoms with Gasteiger partial charge in [-0.25, -0.2) is 9.38 Å². The first-order chi connectivity index (χ1) is 14.0. The van der Waals surface area contributed by atoms with Gasteiger partial charge < -0.3 is 4.74 Å². The average molecular weight is 412 g/mol. The van der Waals surface area contributed by atoms with Gasteiger partial charge in [0.1, 0.15) is 18.2 Å². The van der Waals surface area contributed by atoms with Gasteiger partial charge in [0.15, 0.2) is 5.82 Å². The SMILES string of the molecule is CC1=Nc2c(c(=O)[nH]n2C(C)C)C(c2ccccc2OCc2ccccc2F)S1. The zero-order valence-electron chi connectivity index (χ0n) is 16.5. The van der Waals surface area contributed by atoms with E-state index in [1.165, 1.54) is 17.8 Å². The van der Waals surface area contributed by atoms with Crippen molar-refractivity contribution < 1.29 is 9.13 Å². The third-order valence-electron chi connectivity index (χ3n) is 4.81. The molecule has 0 fully saturated rings. The fraction of sp³-hybridized carbons (Fsp3) is 0.273. The number of H-pyrrole nitrogens is 1. The van der Waals surface area contributed by atoms with E-state index in [0.717, 1.165) is 10.6 Å². The second-order valence-corrected chi connectivity index (χ2v) is 8.49. The van der Waals surface area contributed by atoms with Crippen LogP contribution in [0.4, 0.5) is 10.2 Å². The van der Waals surface area contributed by atoms with E-state index in [0.29, 0.717) is 22.7 Å². The van der Waals surface area contributed by atoms with Crippen LogP contribution in [0, 0.1) is 5.82 Å². The lowest BCUT2D eigenvalue weighted by atomic mass is 10.0. The van der Waals surface area contributed by atoms with Crippen LogP contribution in [-0.2, 0) is 6.61 Å². The highest BCUT2D eigenvalue weighted by Crippen LogP contribution is 2.46. The molecule has 0 radical (unpaired) electrons. The summed E-state index contributed by atoms with van der Waals surface area (Å²) in [5.74, 6) is 0.994. The number of thioether (sulfide) groups is 1. The van der Waals surface area contributed by atoms with Crippen LogP contribution >= 0.6 is 11.8 Å². The molecule has 0 spiro atoms. The van der Waals surface area contributed by atoms with Crippen molar-refractivity contribution in [1.29, 1.82) is 0 Å². The number of fused-ring (bicyclic) bond motifs is 1. The van der Waals surface area contributed by atoms with E-state index >= 15 is 0 Å². The molecule has 7 heteroatoms. The van der Waals surface area contributed by atoms with E-state index < -0.39 is 0 Å². The van der Waals surface area contributed by atoms with Crippen LogP contribution in [0.2, 0.25) is 0 Å². The maximum absolute atomic E-state index is 14.0. The number of benzene rings is 2. The molecular weight excluding hydrogens is 389 g/mol. The topological polar surface area (TPSA) is 59.4 Å². The van der Waals surface area contributed by atoms with Gasteiger partial charge in [-0.1, -0.05) is 48.2 Å². The van der Waals surface area contributed by atoms with Gasteiger partial charge >= 0.3 is 0 Å². The number of rotatable bonds is 5. The van der Waals surface area contributed by atoms with Crippen LogP contribution in [0.1, 0.15) is 48.8 Å². The van der Waals surface area contributed by atoms with Crippen molar-refractivity contribution in [2.24, 2.45) is 4.99 Å². The summed E-state index contributed by atoms with van der Waals surface area (Å²) in [5.41, 5.74) is 1.83. The fourth-order valence-electron chi connectivity index (χ4n) is 3.40. The number of hydrogen-bond donors (Lipinski definition) is 1. The number of hydrogen-bond acceptors (Lipinski definition) is 4. The number of ether oxygens (including phenoxy) is 1. The molecule has 4 rings (SSSR count). The zero-order valence-corrected chi connectivity index (χ0v) is 17.3. The van der Waals surface area contributed by atoms with Crippen LogP contribution in [0.25, 0.3) is 0 Å². The van der Waals surface area contributed by atoms with Crippen molar-refractivity contribution in [3.05, 3.63) is 81.4 Å². The number of nitrogens with zero attached hydrogens (tertiary/aromatic N) is 2. The molecule has 29 heavy (non-hydrogen) atoms. The molecule has 1 aliphatic rings. The second-order valence-electron chi connectivity index (χ2n) is 7.19. The molecule has 0 bridgehead atoms. The highest BCUT2D eigenvalue weighted by Gasteiger charge is 2.32. The molecule has 2 heterocycles. The standard InChI is InChI=1S/C22H22FN3O2S/c1-13(2)26-21-19(22(27)25-26)20(29-14(3)24-21)16-9-5-7-11-18(16)28-12-15-8-4-6-10-17(15)23/h4-11,13,20H,12H2,1-3H3,(H,25,27). The lowest BCUT2D eigenvalue weighted by Crippen LogP contribution is -2.14. The number of halogens is 1. The molecule has 1 atom stereocenters. The highest BCUT2D eigenvalue weighted by atomic mass is 32.2. The van der Waals surface area contributed by atoms with E-state index in [9.17, 15) is 9.18 Å². The van der Waals surface area contributed by atoms with E-state index in [-0.39, 0.29) is 29.3 Å². The summed E-state index contributed by atoms with van der Waals surface area (Å²) in [5, 5.41) is 3.54. The first kappa shape index (κ1) is 19.5. The summed E-state index contributed by atoms with van der Waals surface area (Å²) >= 11 is 1.52. The maximum atomic E-state index is 14.0. The van der Waals surface area contributed by atoms with Gasteiger partial charge in [0.2, 0.25) is 0 Å². The minimum atomic E-state index is -0.298. The Balaban J connectivity index is 1.73. The Bertz CT molecular complexity index is 1130. The van der Waals surface area contributed by atoms with Gasteiger partial charge in [0.25, 0.3) is 5.56 Å². The summed E-state index contributed by atoms with van der Waals surface area (Å²) in [7, 11) is 0. The molecule has 1 aromatic heterocycles. The van der Waals surface area contributed by atoms with Gasteiger partial charge in [-0.3, -0.25) is 14.6 Å². The smallest absolute Gasteiger partial charge is 0.271 e. The lowest BCUT2D eigenvalue weighted by Gasteiger charge is -2.23. The van der Waals surface area contributed by atoms with Gasteiger partial charge in [-0.2, -0.15) is 0 Å². The molecule has 150 valence electrons. The minimum Gasteiger partial charge on any atom is -0.488 e. The third kappa shape index (κ3) is 3.74. The Hall–Kier alpha value is -2.80. The van der Waals surface area contributed by atoms with Crippen molar-refractivity contribution >= 4 is 22.6 Å². The van der Waals surface area contributed by atoms with Gasteiger partial charge in [-0.05, 0) is 32.9 Å². The van der Waals surface area contributed by atoms with Crippen LogP contribution in [0.5, 0.6) is 5.75 Å². The monoisotopic (exact) mass is 411 g/mol. The predicted octanol–water partition coefficient (Wildman–Crippen LogP) is 5.36. The van der Waals surface area contributed by atoms with Gasteiger partial charge in [-0.15, -0.1) is 0 Å². The Kier molecular flexibility index (Phi) is 5.32. The van der Waals surface area contributed by atoms with Gasteiger partial charge in [0.05, 0.1) is 15.9 Å². The van der Waals surface area contributed by atoms with E-state index in [4.69, 9.17) is 4.74 Å². The Morgan fingerprint density at radius 2 is 1.93 bits per heavy atom. The van der Waals surface area contributed by atoms with Crippen molar-refractivity contribution in [3.63, 3.8) is 0 Å². The summed E-state index contributed by atoms with van der Waals surface area (Å²) in [6.45, 7) is 6.06. The molecule has 0 amide bonds. The lowest BCUT2D eigenvalue weighted by molar-refractivity contribution is 0.297. The number of para-hydroxylation sites is 1. The van der Waals surface area contributed by atoms with Gasteiger partial charge in [0, 0.05) is 17.2 Å². The predicted molar refractivity (Wildman–Crippen MR) is 115 cm³/mol. The first-order valence-electron chi connectivity index (χ1n) is 9.47. The van der Waals surface area contributed by atoms with E-state index in [1.807, 2.05) is 45.0 Å². The first-order valence-corrected chi connectivity index (χ1v) is 10.3. The molecule has 5 nitrogen and oxygen atoms in total. The number of aromatic nitrogens is 2.